The molecule has 7 heteroatoms. The zero-order chi connectivity index (χ0) is 16.1. The van der Waals surface area contributed by atoms with Crippen LogP contribution in [0.2, 0.25) is 0 Å². The summed E-state index contributed by atoms with van der Waals surface area (Å²) >= 11 is 0. The molecular formula is C15H16F2N4O. The van der Waals surface area contributed by atoms with Gasteiger partial charge in [-0.2, -0.15) is 0 Å². The van der Waals surface area contributed by atoms with Gasteiger partial charge in [0.05, 0.1) is 11.3 Å². The van der Waals surface area contributed by atoms with Gasteiger partial charge in [0.25, 0.3) is 5.91 Å². The molecule has 22 heavy (non-hydrogen) atoms. The number of carbonyl (C=O) groups excluding carboxylic acids is 1. The zero-order valence-electron chi connectivity index (χ0n) is 12.3. The monoisotopic (exact) mass is 306 g/mol. The van der Waals surface area contributed by atoms with Crippen molar-refractivity contribution in [1.82, 2.24) is 9.97 Å². The van der Waals surface area contributed by atoms with E-state index in [2.05, 4.69) is 15.3 Å². The van der Waals surface area contributed by atoms with Crippen molar-refractivity contribution < 1.29 is 13.6 Å². The summed E-state index contributed by atoms with van der Waals surface area (Å²) in [6.07, 6.45) is 2.74. The molecule has 116 valence electrons. The molecule has 1 amide bonds. The molecule has 1 N–H and O–H groups in total. The SMILES string of the molecule is CCN(CC)c1ncc(C(=O)Nc2ccc(F)cc2F)cn1. The van der Waals surface area contributed by atoms with Gasteiger partial charge < -0.3 is 10.2 Å². The lowest BCUT2D eigenvalue weighted by molar-refractivity contribution is 0.102. The second kappa shape index (κ2) is 6.93. The van der Waals surface area contributed by atoms with E-state index < -0.39 is 17.5 Å². The summed E-state index contributed by atoms with van der Waals surface area (Å²) in [7, 11) is 0. The van der Waals surface area contributed by atoms with Crippen molar-refractivity contribution in [3.8, 4) is 0 Å². The minimum Gasteiger partial charge on any atom is -0.341 e. The zero-order valence-corrected chi connectivity index (χ0v) is 12.3. The minimum atomic E-state index is -0.839. The van der Waals surface area contributed by atoms with Crippen LogP contribution in [0, 0.1) is 11.6 Å². The third-order valence-corrected chi connectivity index (χ3v) is 3.13. The maximum Gasteiger partial charge on any atom is 0.258 e. The number of nitrogens with one attached hydrogen (secondary N) is 1. The molecule has 5 nitrogen and oxygen atoms in total. The Kier molecular flexibility index (Phi) is 4.98. The first-order chi connectivity index (χ1) is 10.5. The number of aromatic nitrogens is 2. The van der Waals surface area contributed by atoms with Gasteiger partial charge >= 0.3 is 0 Å². The lowest BCUT2D eigenvalue weighted by atomic mass is 10.2. The number of benzene rings is 1. The van der Waals surface area contributed by atoms with Gasteiger partial charge in [0, 0.05) is 31.5 Å². The lowest BCUT2D eigenvalue weighted by Crippen LogP contribution is -2.24. The topological polar surface area (TPSA) is 58.1 Å². The van der Waals surface area contributed by atoms with Gasteiger partial charge in [-0.15, -0.1) is 0 Å². The molecule has 0 saturated heterocycles. The summed E-state index contributed by atoms with van der Waals surface area (Å²) in [5, 5.41) is 2.36. The van der Waals surface area contributed by atoms with E-state index in [1.165, 1.54) is 12.4 Å². The quantitative estimate of drug-likeness (QED) is 0.923. The summed E-state index contributed by atoms with van der Waals surface area (Å²) < 4.78 is 26.3. The summed E-state index contributed by atoms with van der Waals surface area (Å²) in [6, 6.07) is 2.93. The van der Waals surface area contributed by atoms with Crippen molar-refractivity contribution >= 4 is 17.5 Å². The van der Waals surface area contributed by atoms with Crippen LogP contribution in [-0.2, 0) is 0 Å². The molecule has 0 aliphatic rings. The van der Waals surface area contributed by atoms with E-state index in [9.17, 15) is 13.6 Å². The molecule has 0 bridgehead atoms. The maximum atomic E-state index is 13.5. The Morgan fingerprint density at radius 1 is 1.18 bits per heavy atom. The highest BCUT2D eigenvalue weighted by molar-refractivity contribution is 6.03. The normalized spacial score (nSPS) is 10.4. The maximum absolute atomic E-state index is 13.5. The molecule has 0 aliphatic heterocycles. The van der Waals surface area contributed by atoms with Crippen LogP contribution in [0.3, 0.4) is 0 Å². The summed E-state index contributed by atoms with van der Waals surface area (Å²) in [5.74, 6) is -1.58. The molecule has 1 heterocycles. The first-order valence-electron chi connectivity index (χ1n) is 6.88. The van der Waals surface area contributed by atoms with Crippen molar-refractivity contribution in [2.75, 3.05) is 23.3 Å². The predicted octanol–water partition coefficient (Wildman–Crippen LogP) is 2.85. The number of nitrogens with zero attached hydrogens (tertiary/aromatic N) is 3. The van der Waals surface area contributed by atoms with E-state index in [1.54, 1.807) is 0 Å². The van der Waals surface area contributed by atoms with E-state index in [-0.39, 0.29) is 11.3 Å². The molecule has 0 aliphatic carbocycles. The van der Waals surface area contributed by atoms with Gasteiger partial charge in [-0.1, -0.05) is 0 Å². The van der Waals surface area contributed by atoms with Crippen LogP contribution in [0.25, 0.3) is 0 Å². The van der Waals surface area contributed by atoms with Crippen LogP contribution < -0.4 is 10.2 Å². The van der Waals surface area contributed by atoms with Gasteiger partial charge in [-0.3, -0.25) is 4.79 Å². The van der Waals surface area contributed by atoms with Crippen molar-refractivity contribution in [1.29, 1.82) is 0 Å². The summed E-state index contributed by atoms with van der Waals surface area (Å²) in [4.78, 5) is 22.2. The molecular weight excluding hydrogens is 290 g/mol. The first-order valence-corrected chi connectivity index (χ1v) is 6.88. The highest BCUT2D eigenvalue weighted by Crippen LogP contribution is 2.16. The van der Waals surface area contributed by atoms with Crippen molar-refractivity contribution in [2.24, 2.45) is 0 Å². The fraction of sp³-hybridized carbons (Fsp3) is 0.267. The van der Waals surface area contributed by atoms with Crippen LogP contribution in [-0.4, -0.2) is 29.0 Å². The van der Waals surface area contributed by atoms with Crippen LogP contribution >= 0.6 is 0 Å². The van der Waals surface area contributed by atoms with Gasteiger partial charge in [-0.25, -0.2) is 18.7 Å². The van der Waals surface area contributed by atoms with Gasteiger partial charge in [0.2, 0.25) is 5.95 Å². The number of rotatable bonds is 5. The molecule has 0 radical (unpaired) electrons. The van der Waals surface area contributed by atoms with Gasteiger partial charge in [0.1, 0.15) is 11.6 Å². The molecule has 0 unspecified atom stereocenters. The average Bonchev–Trinajstić information content (AvgIpc) is 2.52. The number of carbonyl (C=O) groups is 1. The summed E-state index contributed by atoms with van der Waals surface area (Å²) in [6.45, 7) is 5.46. The van der Waals surface area contributed by atoms with E-state index >= 15 is 0 Å². The molecule has 1 aromatic heterocycles. The number of anilines is 2. The van der Waals surface area contributed by atoms with Crippen LogP contribution in [0.1, 0.15) is 24.2 Å². The lowest BCUT2D eigenvalue weighted by Gasteiger charge is -2.18. The fourth-order valence-electron chi connectivity index (χ4n) is 1.89. The number of hydrogen-bond acceptors (Lipinski definition) is 4. The Balaban J connectivity index is 2.13. The Labute approximate surface area is 127 Å². The molecule has 0 spiro atoms. The number of amides is 1. The smallest absolute Gasteiger partial charge is 0.258 e. The molecule has 0 saturated carbocycles. The molecule has 0 fully saturated rings. The molecule has 0 atom stereocenters. The van der Waals surface area contributed by atoms with Crippen LogP contribution in [0.15, 0.2) is 30.6 Å². The number of halogens is 2. The van der Waals surface area contributed by atoms with E-state index in [0.717, 1.165) is 25.2 Å². The molecule has 1 aromatic carbocycles. The van der Waals surface area contributed by atoms with Crippen LogP contribution in [0.5, 0.6) is 0 Å². The Bertz CT molecular complexity index is 657. The van der Waals surface area contributed by atoms with Crippen molar-refractivity contribution in [2.45, 2.75) is 13.8 Å². The predicted molar refractivity (Wildman–Crippen MR) is 79.9 cm³/mol. The second-order valence-electron chi connectivity index (χ2n) is 4.52. The number of hydrogen-bond donors (Lipinski definition) is 1. The van der Waals surface area contributed by atoms with Crippen LogP contribution in [0.4, 0.5) is 20.4 Å². The minimum absolute atomic E-state index is 0.0979. The second-order valence-corrected chi connectivity index (χ2v) is 4.52. The standard InChI is InChI=1S/C15H16F2N4O/c1-3-21(4-2)15-18-8-10(9-19-15)14(22)20-13-6-5-11(16)7-12(13)17/h5-9H,3-4H2,1-2H3,(H,20,22). The van der Waals surface area contributed by atoms with Gasteiger partial charge in [0.15, 0.2) is 0 Å². The van der Waals surface area contributed by atoms with Crippen molar-refractivity contribution in [3.05, 3.63) is 47.8 Å². The third kappa shape index (κ3) is 3.55. The summed E-state index contributed by atoms with van der Waals surface area (Å²) in [5.41, 5.74) is 0.0962. The van der Waals surface area contributed by atoms with Gasteiger partial charge in [-0.05, 0) is 26.0 Å². The Hall–Kier alpha value is -2.57. The van der Waals surface area contributed by atoms with E-state index in [1.807, 2.05) is 18.7 Å². The first kappa shape index (κ1) is 15.8. The third-order valence-electron chi connectivity index (χ3n) is 3.13. The highest BCUT2D eigenvalue weighted by Gasteiger charge is 2.12. The Morgan fingerprint density at radius 3 is 2.36 bits per heavy atom. The van der Waals surface area contributed by atoms with Crippen molar-refractivity contribution in [3.63, 3.8) is 0 Å². The molecule has 2 rings (SSSR count). The average molecular weight is 306 g/mol. The largest absolute Gasteiger partial charge is 0.341 e. The Morgan fingerprint density at radius 2 is 1.82 bits per heavy atom. The highest BCUT2D eigenvalue weighted by atomic mass is 19.1. The fourth-order valence-corrected chi connectivity index (χ4v) is 1.89. The van der Waals surface area contributed by atoms with E-state index in [0.29, 0.717) is 12.0 Å². The van der Waals surface area contributed by atoms with E-state index in [4.69, 9.17) is 0 Å². The molecule has 2 aromatic rings.